The molecule has 144 valence electrons. The van der Waals surface area contributed by atoms with E-state index in [0.29, 0.717) is 31.2 Å². The molecule has 0 aromatic heterocycles. The van der Waals surface area contributed by atoms with Crippen LogP contribution in [0.4, 0.5) is 4.39 Å². The number of nitrogens with one attached hydrogen (secondary N) is 3. The van der Waals surface area contributed by atoms with Crippen LogP contribution < -0.4 is 25.6 Å². The van der Waals surface area contributed by atoms with Gasteiger partial charge in [-0.2, -0.15) is 0 Å². The normalized spacial score (nSPS) is 18.9. The smallest absolute Gasteiger partial charge is 0.226 e. The molecule has 0 aliphatic carbocycles. The first-order valence-electron chi connectivity index (χ1n) is 8.94. The number of carbonyl (C=O) groups is 1. The Morgan fingerprint density at radius 3 is 2.85 bits per heavy atom. The number of carbonyl (C=O) groups excluding carboxylic acids is 1. The van der Waals surface area contributed by atoms with Gasteiger partial charge < -0.3 is 14.8 Å². The summed E-state index contributed by atoms with van der Waals surface area (Å²) < 4.78 is 24.5. The molecule has 2 atom stereocenters. The lowest BCUT2D eigenvalue weighted by Crippen LogP contribution is -2.34. The number of methoxy groups -OCH3 is 1. The van der Waals surface area contributed by atoms with E-state index in [1.165, 1.54) is 12.1 Å². The van der Waals surface area contributed by atoms with Gasteiger partial charge in [-0.25, -0.2) is 9.82 Å². The van der Waals surface area contributed by atoms with Crippen LogP contribution in [0.15, 0.2) is 42.5 Å². The summed E-state index contributed by atoms with van der Waals surface area (Å²) in [5.41, 5.74) is 7.62. The molecule has 27 heavy (non-hydrogen) atoms. The van der Waals surface area contributed by atoms with Gasteiger partial charge in [0, 0.05) is 18.7 Å². The molecule has 2 unspecified atom stereocenters. The van der Waals surface area contributed by atoms with Crippen molar-refractivity contribution in [1.82, 2.24) is 16.2 Å². The number of halogens is 1. The zero-order chi connectivity index (χ0) is 19.2. The first-order chi connectivity index (χ1) is 13.1. The predicted octanol–water partition coefficient (Wildman–Crippen LogP) is 2.31. The second-order valence-electron chi connectivity index (χ2n) is 6.26. The van der Waals surface area contributed by atoms with Crippen LogP contribution >= 0.6 is 0 Å². The minimum Gasteiger partial charge on any atom is -0.493 e. The van der Waals surface area contributed by atoms with E-state index in [-0.39, 0.29) is 23.7 Å². The van der Waals surface area contributed by atoms with Crippen LogP contribution in [0.25, 0.3) is 0 Å². The van der Waals surface area contributed by atoms with Crippen molar-refractivity contribution in [2.45, 2.75) is 19.5 Å². The fourth-order valence-corrected chi connectivity index (χ4v) is 3.24. The molecule has 1 amide bonds. The Morgan fingerprint density at radius 1 is 1.30 bits per heavy atom. The molecule has 1 aliphatic rings. The van der Waals surface area contributed by atoms with Gasteiger partial charge in [0.25, 0.3) is 0 Å². The minimum atomic E-state index is -0.354. The van der Waals surface area contributed by atoms with Gasteiger partial charge in [-0.1, -0.05) is 24.3 Å². The average Bonchev–Trinajstić information content (AvgIpc) is 3.17. The fraction of sp³-hybridized carbons (Fsp3) is 0.350. The third-order valence-corrected chi connectivity index (χ3v) is 4.55. The first kappa shape index (κ1) is 19.1. The van der Waals surface area contributed by atoms with Gasteiger partial charge in [-0.15, -0.1) is 0 Å². The summed E-state index contributed by atoms with van der Waals surface area (Å²) in [5, 5.41) is 2.96. The topological polar surface area (TPSA) is 71.6 Å². The molecule has 1 heterocycles. The number of amides is 1. The molecule has 2 aromatic rings. The third kappa shape index (κ3) is 4.37. The second-order valence-corrected chi connectivity index (χ2v) is 6.26. The van der Waals surface area contributed by atoms with E-state index in [9.17, 15) is 9.18 Å². The molecule has 0 bridgehead atoms. The van der Waals surface area contributed by atoms with Crippen molar-refractivity contribution in [3.63, 3.8) is 0 Å². The summed E-state index contributed by atoms with van der Waals surface area (Å²) in [6.45, 7) is 3.18. The molecule has 7 heteroatoms. The summed E-state index contributed by atoms with van der Waals surface area (Å²) >= 11 is 0. The lowest BCUT2D eigenvalue weighted by molar-refractivity contribution is -0.125. The van der Waals surface area contributed by atoms with E-state index in [0.717, 1.165) is 11.1 Å². The Morgan fingerprint density at radius 2 is 2.11 bits per heavy atom. The number of benzene rings is 2. The van der Waals surface area contributed by atoms with Crippen LogP contribution in [0.5, 0.6) is 11.5 Å². The Kier molecular flexibility index (Phi) is 6.26. The lowest BCUT2D eigenvalue weighted by atomic mass is 9.94. The highest BCUT2D eigenvalue weighted by molar-refractivity contribution is 5.80. The van der Waals surface area contributed by atoms with Crippen LogP contribution in [0.2, 0.25) is 0 Å². The van der Waals surface area contributed by atoms with E-state index in [1.54, 1.807) is 13.2 Å². The van der Waals surface area contributed by atoms with Gasteiger partial charge in [-0.05, 0) is 30.7 Å². The van der Waals surface area contributed by atoms with Gasteiger partial charge in [0.15, 0.2) is 11.5 Å². The maximum Gasteiger partial charge on any atom is 0.226 e. The van der Waals surface area contributed by atoms with Crippen molar-refractivity contribution in [2.75, 3.05) is 20.3 Å². The Labute approximate surface area is 158 Å². The maximum absolute atomic E-state index is 13.5. The number of para-hydroxylation sites is 1. The molecular weight excluding hydrogens is 349 g/mol. The highest BCUT2D eigenvalue weighted by atomic mass is 19.1. The predicted molar refractivity (Wildman–Crippen MR) is 99.8 cm³/mol. The van der Waals surface area contributed by atoms with Crippen LogP contribution in [0.1, 0.15) is 24.1 Å². The fourth-order valence-electron chi connectivity index (χ4n) is 3.24. The van der Waals surface area contributed by atoms with Crippen LogP contribution in [0.3, 0.4) is 0 Å². The molecule has 0 spiro atoms. The van der Waals surface area contributed by atoms with E-state index >= 15 is 0 Å². The second kappa shape index (κ2) is 8.83. The Hall–Kier alpha value is -2.64. The largest absolute Gasteiger partial charge is 0.493 e. The first-order valence-corrected chi connectivity index (χ1v) is 8.94. The van der Waals surface area contributed by atoms with Crippen molar-refractivity contribution in [3.8, 4) is 11.5 Å². The molecule has 0 radical (unpaired) electrons. The van der Waals surface area contributed by atoms with Crippen molar-refractivity contribution < 1.29 is 18.7 Å². The molecule has 3 rings (SSSR count). The van der Waals surface area contributed by atoms with Crippen molar-refractivity contribution >= 4 is 5.91 Å². The number of ether oxygens (including phenoxy) is 2. The summed E-state index contributed by atoms with van der Waals surface area (Å²) in [7, 11) is 1.58. The zero-order valence-corrected chi connectivity index (χ0v) is 15.4. The number of rotatable bonds is 7. The molecule has 6 nitrogen and oxygen atoms in total. The molecule has 1 fully saturated rings. The van der Waals surface area contributed by atoms with Crippen molar-refractivity contribution in [3.05, 3.63) is 59.4 Å². The third-order valence-electron chi connectivity index (χ3n) is 4.55. The quantitative estimate of drug-likeness (QED) is 0.695. The number of hydrogen-bond donors (Lipinski definition) is 3. The van der Waals surface area contributed by atoms with Gasteiger partial charge in [0.1, 0.15) is 5.82 Å². The molecule has 2 aromatic carbocycles. The maximum atomic E-state index is 13.5. The Bertz CT molecular complexity index is 800. The summed E-state index contributed by atoms with van der Waals surface area (Å²) in [6.07, 6.45) is 0. The minimum absolute atomic E-state index is 0.118. The SMILES string of the molecule is CCOc1c(CNC(=O)C2CNNC2c2cccc(F)c2)cccc1OC. The molecular formula is C20H24FN3O3. The monoisotopic (exact) mass is 373 g/mol. The molecule has 1 aliphatic heterocycles. The standard InChI is InChI=1S/C20H24FN3O3/c1-3-27-19-14(7-5-9-17(19)26-2)11-22-20(25)16-12-23-24-18(16)13-6-4-8-15(21)10-13/h4-10,16,18,23-24H,3,11-12H2,1-2H3,(H,22,25). The van der Waals surface area contributed by atoms with Crippen molar-refractivity contribution in [2.24, 2.45) is 5.92 Å². The molecule has 1 saturated heterocycles. The van der Waals surface area contributed by atoms with E-state index in [1.807, 2.05) is 31.2 Å². The summed E-state index contributed by atoms with van der Waals surface area (Å²) in [4.78, 5) is 12.8. The Balaban J connectivity index is 1.70. The van der Waals surface area contributed by atoms with Crippen molar-refractivity contribution in [1.29, 1.82) is 0 Å². The van der Waals surface area contributed by atoms with E-state index < -0.39 is 0 Å². The zero-order valence-electron chi connectivity index (χ0n) is 15.4. The van der Waals surface area contributed by atoms with Gasteiger partial charge in [-0.3, -0.25) is 10.2 Å². The number of hydrogen-bond acceptors (Lipinski definition) is 5. The summed E-state index contributed by atoms with van der Waals surface area (Å²) in [6, 6.07) is 11.6. The summed E-state index contributed by atoms with van der Waals surface area (Å²) in [5.74, 6) is 0.468. The molecule has 3 N–H and O–H groups in total. The highest BCUT2D eigenvalue weighted by Gasteiger charge is 2.34. The van der Waals surface area contributed by atoms with E-state index in [4.69, 9.17) is 9.47 Å². The van der Waals surface area contributed by atoms with Crippen LogP contribution in [-0.4, -0.2) is 26.2 Å². The highest BCUT2D eigenvalue weighted by Crippen LogP contribution is 2.31. The van der Waals surface area contributed by atoms with Gasteiger partial charge >= 0.3 is 0 Å². The van der Waals surface area contributed by atoms with Gasteiger partial charge in [0.05, 0.1) is 25.7 Å². The van der Waals surface area contributed by atoms with Gasteiger partial charge in [0.2, 0.25) is 5.91 Å². The molecule has 0 saturated carbocycles. The number of hydrazine groups is 1. The van der Waals surface area contributed by atoms with Crippen LogP contribution in [-0.2, 0) is 11.3 Å². The van der Waals surface area contributed by atoms with E-state index in [2.05, 4.69) is 16.2 Å². The lowest BCUT2D eigenvalue weighted by Gasteiger charge is -2.19. The van der Waals surface area contributed by atoms with Crippen LogP contribution in [0, 0.1) is 11.7 Å². The average molecular weight is 373 g/mol.